The lowest BCUT2D eigenvalue weighted by molar-refractivity contribution is 0.262. The van der Waals surface area contributed by atoms with Crippen molar-refractivity contribution in [2.75, 3.05) is 10.6 Å². The van der Waals surface area contributed by atoms with Crippen molar-refractivity contribution in [2.45, 2.75) is 10.6 Å². The van der Waals surface area contributed by atoms with E-state index in [1.165, 1.54) is 17.8 Å². The highest BCUT2D eigenvalue weighted by Gasteiger charge is 2.08. The molecule has 3 aromatic rings. The van der Waals surface area contributed by atoms with E-state index in [4.69, 9.17) is 11.6 Å². The van der Waals surface area contributed by atoms with Gasteiger partial charge in [0.2, 0.25) is 0 Å². The summed E-state index contributed by atoms with van der Waals surface area (Å²) in [6, 6.07) is 15.0. The fourth-order valence-electron chi connectivity index (χ4n) is 2.30. The van der Waals surface area contributed by atoms with Gasteiger partial charge in [0, 0.05) is 33.1 Å². The van der Waals surface area contributed by atoms with E-state index in [2.05, 4.69) is 20.6 Å². The molecular formula is C18H15ClN4O3S. The average molecular weight is 403 g/mol. The number of amides is 2. The molecule has 0 radical (unpaired) electrons. The number of thioether (sulfide) groups is 1. The lowest BCUT2D eigenvalue weighted by atomic mass is 10.3. The Morgan fingerprint density at radius 1 is 1.00 bits per heavy atom. The molecule has 0 unspecified atom stereocenters. The van der Waals surface area contributed by atoms with E-state index >= 15 is 0 Å². The minimum atomic E-state index is -0.551. The molecule has 138 valence electrons. The number of carbonyl (C=O) groups is 1. The van der Waals surface area contributed by atoms with Crippen molar-refractivity contribution < 1.29 is 4.79 Å². The maximum absolute atomic E-state index is 12.2. The molecular weight excluding hydrogens is 388 g/mol. The summed E-state index contributed by atoms with van der Waals surface area (Å²) in [6.45, 7) is 0. The monoisotopic (exact) mass is 402 g/mol. The van der Waals surface area contributed by atoms with Gasteiger partial charge in [0.15, 0.2) is 0 Å². The number of para-hydroxylation sites is 1. The second-order valence-corrected chi connectivity index (χ2v) is 6.94. The van der Waals surface area contributed by atoms with Crippen LogP contribution in [0.15, 0.2) is 69.1 Å². The third-order valence-electron chi connectivity index (χ3n) is 3.42. The summed E-state index contributed by atoms with van der Waals surface area (Å²) in [7, 11) is 0. The molecule has 2 aromatic carbocycles. The van der Waals surface area contributed by atoms with Crippen LogP contribution in [0.3, 0.4) is 0 Å². The minimum absolute atomic E-state index is 0.369. The number of H-pyrrole nitrogens is 2. The fourth-order valence-corrected chi connectivity index (χ4v) is 3.41. The topological polar surface area (TPSA) is 107 Å². The van der Waals surface area contributed by atoms with Crippen LogP contribution >= 0.6 is 23.4 Å². The number of benzene rings is 2. The molecule has 4 N–H and O–H groups in total. The third-order valence-corrected chi connectivity index (χ3v) is 4.77. The Morgan fingerprint density at radius 2 is 1.81 bits per heavy atom. The SMILES string of the molecule is O=C(Nc1cccc(Cl)c1)Nc1ccccc1SCc1cc(=O)[nH]c(=O)[nH]1. The number of aromatic amines is 2. The fraction of sp³-hybridized carbons (Fsp3) is 0.0556. The first kappa shape index (κ1) is 18.8. The molecule has 0 fully saturated rings. The number of anilines is 2. The Bertz CT molecular complexity index is 1050. The Labute approximate surface area is 163 Å². The smallest absolute Gasteiger partial charge is 0.310 e. The second-order valence-electron chi connectivity index (χ2n) is 5.49. The van der Waals surface area contributed by atoms with Crippen molar-refractivity contribution in [3.63, 3.8) is 0 Å². The third kappa shape index (κ3) is 5.50. The predicted molar refractivity (Wildman–Crippen MR) is 108 cm³/mol. The predicted octanol–water partition coefficient (Wildman–Crippen LogP) is 3.65. The summed E-state index contributed by atoms with van der Waals surface area (Å²) in [5.41, 5.74) is 0.666. The standard InChI is InChI=1S/C18H15ClN4O3S/c19-11-4-3-5-12(8-11)20-17(25)22-14-6-1-2-7-15(14)27-10-13-9-16(24)23-18(26)21-13/h1-9H,10H2,(H2,20,22,25)(H2,21,23,24,26). The van der Waals surface area contributed by atoms with E-state index < -0.39 is 17.3 Å². The van der Waals surface area contributed by atoms with Gasteiger partial charge in [0.1, 0.15) is 0 Å². The first-order valence-electron chi connectivity index (χ1n) is 7.87. The van der Waals surface area contributed by atoms with Crippen LogP contribution in [0.2, 0.25) is 5.02 Å². The molecule has 0 atom stereocenters. The van der Waals surface area contributed by atoms with Gasteiger partial charge in [-0.2, -0.15) is 0 Å². The highest BCUT2D eigenvalue weighted by atomic mass is 35.5. The maximum Gasteiger partial charge on any atom is 0.325 e. The number of aromatic nitrogens is 2. The van der Waals surface area contributed by atoms with Gasteiger partial charge in [-0.1, -0.05) is 29.8 Å². The Hall–Kier alpha value is -2.97. The number of rotatable bonds is 5. The zero-order valence-electron chi connectivity index (χ0n) is 13.9. The second kappa shape index (κ2) is 8.61. The van der Waals surface area contributed by atoms with E-state index in [0.717, 1.165) is 4.90 Å². The molecule has 0 saturated carbocycles. The molecule has 0 aliphatic heterocycles. The van der Waals surface area contributed by atoms with E-state index in [0.29, 0.717) is 27.8 Å². The first-order chi connectivity index (χ1) is 13.0. The number of hydrogen-bond acceptors (Lipinski definition) is 4. The van der Waals surface area contributed by atoms with Crippen LogP contribution in [-0.4, -0.2) is 16.0 Å². The number of hydrogen-bond donors (Lipinski definition) is 4. The summed E-state index contributed by atoms with van der Waals surface area (Å²) in [6.07, 6.45) is 0. The molecule has 0 saturated heterocycles. The van der Waals surface area contributed by atoms with E-state index in [1.54, 1.807) is 36.4 Å². The molecule has 0 aliphatic carbocycles. The minimum Gasteiger partial charge on any atom is -0.310 e. The van der Waals surface area contributed by atoms with E-state index in [9.17, 15) is 14.4 Å². The molecule has 7 nitrogen and oxygen atoms in total. The summed E-state index contributed by atoms with van der Waals surface area (Å²) in [5, 5.41) is 6.02. The van der Waals surface area contributed by atoms with Gasteiger partial charge in [-0.3, -0.25) is 9.78 Å². The van der Waals surface area contributed by atoms with E-state index in [-0.39, 0.29) is 0 Å². The summed E-state index contributed by atoms with van der Waals surface area (Å²) >= 11 is 7.29. The summed E-state index contributed by atoms with van der Waals surface area (Å²) in [4.78, 5) is 40.4. The van der Waals surface area contributed by atoms with Crippen molar-refractivity contribution in [2.24, 2.45) is 0 Å². The summed E-state index contributed by atoms with van der Waals surface area (Å²) < 4.78 is 0. The average Bonchev–Trinajstić information content (AvgIpc) is 2.60. The molecule has 3 rings (SSSR count). The summed E-state index contributed by atoms with van der Waals surface area (Å²) in [5.74, 6) is 0.369. The van der Waals surface area contributed by atoms with Gasteiger partial charge in [-0.15, -0.1) is 11.8 Å². The van der Waals surface area contributed by atoms with Gasteiger partial charge >= 0.3 is 11.7 Å². The zero-order valence-corrected chi connectivity index (χ0v) is 15.5. The molecule has 0 aliphatic rings. The van der Waals surface area contributed by atoms with Crippen molar-refractivity contribution in [1.82, 2.24) is 9.97 Å². The lowest BCUT2D eigenvalue weighted by Crippen LogP contribution is -2.22. The highest BCUT2D eigenvalue weighted by molar-refractivity contribution is 7.98. The van der Waals surface area contributed by atoms with Crippen molar-refractivity contribution >= 4 is 40.8 Å². The van der Waals surface area contributed by atoms with Crippen LogP contribution in [-0.2, 0) is 5.75 Å². The molecule has 2 amide bonds. The molecule has 1 heterocycles. The maximum atomic E-state index is 12.2. The van der Waals surface area contributed by atoms with Crippen LogP contribution < -0.4 is 21.9 Å². The normalized spacial score (nSPS) is 10.4. The van der Waals surface area contributed by atoms with Crippen LogP contribution in [0, 0.1) is 0 Å². The quantitative estimate of drug-likeness (QED) is 0.488. The van der Waals surface area contributed by atoms with Gasteiger partial charge in [-0.25, -0.2) is 9.59 Å². The number of carbonyl (C=O) groups excluding carboxylic acids is 1. The Balaban J connectivity index is 1.69. The van der Waals surface area contributed by atoms with Crippen LogP contribution in [0.5, 0.6) is 0 Å². The Morgan fingerprint density at radius 3 is 2.59 bits per heavy atom. The molecule has 27 heavy (non-hydrogen) atoms. The van der Waals surface area contributed by atoms with Gasteiger partial charge in [0.05, 0.1) is 5.69 Å². The van der Waals surface area contributed by atoms with Gasteiger partial charge in [-0.05, 0) is 30.3 Å². The largest absolute Gasteiger partial charge is 0.325 e. The van der Waals surface area contributed by atoms with Crippen molar-refractivity contribution in [1.29, 1.82) is 0 Å². The van der Waals surface area contributed by atoms with Crippen LogP contribution in [0.25, 0.3) is 0 Å². The number of halogens is 1. The Kier molecular flexibility index (Phi) is 6.00. The number of urea groups is 1. The molecule has 0 bridgehead atoms. The molecule has 1 aromatic heterocycles. The zero-order chi connectivity index (χ0) is 19.2. The van der Waals surface area contributed by atoms with Crippen molar-refractivity contribution in [3.05, 3.63) is 86.2 Å². The van der Waals surface area contributed by atoms with Crippen LogP contribution in [0.4, 0.5) is 16.2 Å². The first-order valence-corrected chi connectivity index (χ1v) is 9.24. The van der Waals surface area contributed by atoms with Crippen molar-refractivity contribution in [3.8, 4) is 0 Å². The van der Waals surface area contributed by atoms with Gasteiger partial charge < -0.3 is 15.6 Å². The lowest BCUT2D eigenvalue weighted by Gasteiger charge is -2.12. The van der Waals surface area contributed by atoms with E-state index in [1.807, 2.05) is 12.1 Å². The molecule has 9 heteroatoms. The highest BCUT2D eigenvalue weighted by Crippen LogP contribution is 2.29. The van der Waals surface area contributed by atoms with Crippen LogP contribution in [0.1, 0.15) is 5.69 Å². The van der Waals surface area contributed by atoms with Gasteiger partial charge in [0.25, 0.3) is 5.56 Å². The molecule has 0 spiro atoms. The number of nitrogens with one attached hydrogen (secondary N) is 4.